The zero-order valence-corrected chi connectivity index (χ0v) is 23.5. The fourth-order valence-electron chi connectivity index (χ4n) is 5.50. The number of benzene rings is 1. The van der Waals surface area contributed by atoms with Crippen LogP contribution < -0.4 is 4.90 Å². The molecule has 0 unspecified atom stereocenters. The van der Waals surface area contributed by atoms with Crippen LogP contribution in [-0.4, -0.2) is 103 Å². The van der Waals surface area contributed by atoms with Gasteiger partial charge in [0.15, 0.2) is 17.0 Å². The van der Waals surface area contributed by atoms with Crippen molar-refractivity contribution in [3.8, 4) is 5.95 Å². The number of para-hydroxylation sites is 2. The molecule has 0 radical (unpaired) electrons. The maximum Gasteiger partial charge on any atom is 0.290 e. The predicted molar refractivity (Wildman–Crippen MR) is 151 cm³/mol. The maximum atomic E-state index is 13.7. The van der Waals surface area contributed by atoms with Crippen LogP contribution in [0.25, 0.3) is 28.1 Å². The summed E-state index contributed by atoms with van der Waals surface area (Å²) in [5, 5.41) is 0. The number of amides is 2. The number of hydrogen-bond acceptors (Lipinski definition) is 8. The number of fused-ring (bicyclic) bond motifs is 2. The molecule has 0 saturated carbocycles. The summed E-state index contributed by atoms with van der Waals surface area (Å²) in [7, 11) is 1.83. The lowest BCUT2D eigenvalue weighted by Gasteiger charge is -2.35. The van der Waals surface area contributed by atoms with Gasteiger partial charge in [-0.3, -0.25) is 14.2 Å². The number of hydrogen-bond donors (Lipinski definition) is 0. The van der Waals surface area contributed by atoms with Crippen molar-refractivity contribution in [1.29, 1.82) is 0 Å². The standard InChI is InChI=1S/C28H35N9O3/c1-5-21-29-19-8-6-7-9-20(19)37(21)28-31-23-22(24(32-28)34-14-16-40-17-15-34)30-25(33(23)4)27(39)36-12-10-35(11-13-36)26(38)18(2)3/h6-9,18H,5,10-17H2,1-4H3. The van der Waals surface area contributed by atoms with Crippen molar-refractivity contribution in [1.82, 2.24) is 38.9 Å². The Labute approximate surface area is 232 Å². The molecular formula is C28H35N9O3. The minimum atomic E-state index is -0.172. The topological polar surface area (TPSA) is 115 Å². The molecule has 2 aliphatic rings. The number of aromatic nitrogens is 6. The molecule has 0 bridgehead atoms. The monoisotopic (exact) mass is 545 g/mol. The highest BCUT2D eigenvalue weighted by atomic mass is 16.5. The summed E-state index contributed by atoms with van der Waals surface area (Å²) in [4.78, 5) is 51.6. The highest BCUT2D eigenvalue weighted by Crippen LogP contribution is 2.29. The number of nitrogens with zero attached hydrogens (tertiary/aromatic N) is 9. The lowest BCUT2D eigenvalue weighted by atomic mass is 10.1. The van der Waals surface area contributed by atoms with Gasteiger partial charge in [-0.05, 0) is 12.1 Å². The van der Waals surface area contributed by atoms with E-state index in [4.69, 9.17) is 24.7 Å². The van der Waals surface area contributed by atoms with Crippen LogP contribution in [0.1, 0.15) is 37.2 Å². The third kappa shape index (κ3) is 4.45. The van der Waals surface area contributed by atoms with Crippen LogP contribution in [0.4, 0.5) is 5.82 Å². The van der Waals surface area contributed by atoms with Gasteiger partial charge in [0.25, 0.3) is 5.91 Å². The number of piperazine rings is 1. The van der Waals surface area contributed by atoms with Crippen molar-refractivity contribution in [2.75, 3.05) is 57.4 Å². The van der Waals surface area contributed by atoms with Crippen molar-refractivity contribution in [2.45, 2.75) is 27.2 Å². The Morgan fingerprint density at radius 1 is 0.925 bits per heavy atom. The number of carbonyl (C=O) groups is 2. The molecule has 1 aromatic carbocycles. The first-order valence-corrected chi connectivity index (χ1v) is 14.0. The summed E-state index contributed by atoms with van der Waals surface area (Å²) in [5.74, 6) is 2.24. The Morgan fingerprint density at radius 2 is 1.62 bits per heavy atom. The Hall–Kier alpha value is -4.06. The van der Waals surface area contributed by atoms with Crippen molar-refractivity contribution in [3.63, 3.8) is 0 Å². The number of ether oxygens (including phenoxy) is 1. The van der Waals surface area contributed by atoms with Crippen molar-refractivity contribution < 1.29 is 14.3 Å². The van der Waals surface area contributed by atoms with Crippen LogP contribution in [-0.2, 0) is 23.0 Å². The van der Waals surface area contributed by atoms with E-state index in [1.54, 1.807) is 9.47 Å². The van der Waals surface area contributed by atoms with E-state index in [-0.39, 0.29) is 17.7 Å². The van der Waals surface area contributed by atoms with Gasteiger partial charge in [-0.2, -0.15) is 9.97 Å². The summed E-state index contributed by atoms with van der Waals surface area (Å²) in [6, 6.07) is 7.96. The Balaban J connectivity index is 1.43. The van der Waals surface area contributed by atoms with E-state index in [9.17, 15) is 9.59 Å². The summed E-state index contributed by atoms with van der Waals surface area (Å²) >= 11 is 0. The molecule has 5 heterocycles. The van der Waals surface area contributed by atoms with Crippen LogP contribution in [0.2, 0.25) is 0 Å². The van der Waals surface area contributed by atoms with Gasteiger partial charge < -0.3 is 24.0 Å². The average molecular weight is 546 g/mol. The van der Waals surface area contributed by atoms with Crippen molar-refractivity contribution in [2.24, 2.45) is 13.0 Å². The summed E-state index contributed by atoms with van der Waals surface area (Å²) in [6.07, 6.45) is 0.712. The van der Waals surface area contributed by atoms with Crippen LogP contribution in [0.3, 0.4) is 0 Å². The Kier molecular flexibility index (Phi) is 6.87. The van der Waals surface area contributed by atoms with Crippen LogP contribution in [0.15, 0.2) is 24.3 Å². The lowest BCUT2D eigenvalue weighted by molar-refractivity contribution is -0.135. The number of carbonyl (C=O) groups excluding carboxylic acids is 2. The zero-order chi connectivity index (χ0) is 28.0. The minimum absolute atomic E-state index is 0.0608. The van der Waals surface area contributed by atoms with E-state index in [1.807, 2.05) is 54.6 Å². The molecule has 40 heavy (non-hydrogen) atoms. The van der Waals surface area contributed by atoms with Gasteiger partial charge in [-0.25, -0.2) is 9.97 Å². The number of rotatable bonds is 5. The molecule has 2 saturated heterocycles. The number of aryl methyl sites for hydroxylation is 2. The van der Waals surface area contributed by atoms with E-state index in [2.05, 4.69) is 11.8 Å². The second-order valence-electron chi connectivity index (χ2n) is 10.6. The maximum absolute atomic E-state index is 13.7. The third-order valence-corrected chi connectivity index (χ3v) is 7.71. The molecule has 0 aliphatic carbocycles. The molecule has 2 aliphatic heterocycles. The molecule has 0 N–H and O–H groups in total. The molecule has 210 valence electrons. The van der Waals surface area contributed by atoms with Gasteiger partial charge in [0.1, 0.15) is 5.82 Å². The number of imidazole rings is 2. The van der Waals surface area contributed by atoms with Crippen molar-refractivity contribution in [3.05, 3.63) is 35.9 Å². The second kappa shape index (κ2) is 10.5. The van der Waals surface area contributed by atoms with E-state index >= 15 is 0 Å². The Morgan fingerprint density at radius 3 is 2.33 bits per heavy atom. The summed E-state index contributed by atoms with van der Waals surface area (Å²) in [5.41, 5.74) is 2.99. The molecule has 6 rings (SSSR count). The molecule has 2 fully saturated rings. The highest BCUT2D eigenvalue weighted by Gasteiger charge is 2.31. The molecule has 0 spiro atoms. The lowest BCUT2D eigenvalue weighted by Crippen LogP contribution is -2.51. The smallest absolute Gasteiger partial charge is 0.290 e. The van der Waals surface area contributed by atoms with E-state index in [1.165, 1.54) is 0 Å². The molecule has 3 aromatic heterocycles. The first kappa shape index (κ1) is 26.2. The van der Waals surface area contributed by atoms with Gasteiger partial charge in [0.05, 0.1) is 24.2 Å². The van der Waals surface area contributed by atoms with Gasteiger partial charge in [0, 0.05) is 58.7 Å². The molecular weight excluding hydrogens is 510 g/mol. The van der Waals surface area contributed by atoms with Gasteiger partial charge in [0.2, 0.25) is 17.7 Å². The molecule has 0 atom stereocenters. The summed E-state index contributed by atoms with van der Waals surface area (Å²) in [6.45, 7) is 10.3. The molecule has 12 nitrogen and oxygen atoms in total. The van der Waals surface area contributed by atoms with E-state index in [0.29, 0.717) is 87.7 Å². The number of morpholine rings is 1. The minimum Gasteiger partial charge on any atom is -0.378 e. The molecule has 4 aromatic rings. The van der Waals surface area contributed by atoms with Gasteiger partial charge in [-0.15, -0.1) is 0 Å². The molecule has 12 heteroatoms. The Bertz CT molecular complexity index is 1580. The van der Waals surface area contributed by atoms with Crippen LogP contribution >= 0.6 is 0 Å². The van der Waals surface area contributed by atoms with Crippen LogP contribution in [0, 0.1) is 5.92 Å². The second-order valence-corrected chi connectivity index (χ2v) is 10.6. The largest absolute Gasteiger partial charge is 0.378 e. The summed E-state index contributed by atoms with van der Waals surface area (Å²) < 4.78 is 9.37. The normalized spacial score (nSPS) is 16.5. The fourth-order valence-corrected chi connectivity index (χ4v) is 5.50. The highest BCUT2D eigenvalue weighted by molar-refractivity contribution is 5.97. The molecule has 2 amide bonds. The van der Waals surface area contributed by atoms with Crippen LogP contribution in [0.5, 0.6) is 0 Å². The fraction of sp³-hybridized carbons (Fsp3) is 0.500. The SMILES string of the molecule is CCc1nc2ccccc2n1-c1nc(N2CCOCC2)c2nc(C(=O)N3CCN(C(=O)C(C)C)CC3)n(C)c2n1. The van der Waals surface area contributed by atoms with E-state index in [0.717, 1.165) is 16.9 Å². The average Bonchev–Trinajstić information content (AvgIpc) is 3.54. The third-order valence-electron chi connectivity index (χ3n) is 7.71. The first-order chi connectivity index (χ1) is 19.4. The van der Waals surface area contributed by atoms with Crippen molar-refractivity contribution >= 4 is 39.8 Å². The quantitative estimate of drug-likeness (QED) is 0.374. The van der Waals surface area contributed by atoms with Gasteiger partial charge >= 0.3 is 0 Å². The predicted octanol–water partition coefficient (Wildman–Crippen LogP) is 2.04. The first-order valence-electron chi connectivity index (χ1n) is 14.0. The van der Waals surface area contributed by atoms with Gasteiger partial charge in [-0.1, -0.05) is 32.9 Å². The number of anilines is 1. The zero-order valence-electron chi connectivity index (χ0n) is 23.5. The van der Waals surface area contributed by atoms with E-state index < -0.39 is 0 Å².